The summed E-state index contributed by atoms with van der Waals surface area (Å²) in [6, 6.07) is 6.68. The van der Waals surface area contributed by atoms with E-state index in [1.165, 1.54) is 17.0 Å². The summed E-state index contributed by atoms with van der Waals surface area (Å²) in [5, 5.41) is 12.3. The van der Waals surface area contributed by atoms with Gasteiger partial charge in [0.05, 0.1) is 16.5 Å². The van der Waals surface area contributed by atoms with E-state index >= 15 is 8.78 Å². The number of anilines is 3. The SMILES string of the molecule is Cc1cc(N2CCN(c3c(F)cc4c(=O)c(C(=O)O)cn(Cc5ccc(C(F)(F)F)cc5)c4c3F)CC2)nc(NC(C)(C)C)n1. The third kappa shape index (κ3) is 6.69. The van der Waals surface area contributed by atoms with Crippen LogP contribution >= 0.6 is 0 Å². The lowest BCUT2D eigenvalue weighted by molar-refractivity contribution is -0.137. The van der Waals surface area contributed by atoms with Gasteiger partial charge in [0.15, 0.2) is 5.82 Å². The van der Waals surface area contributed by atoms with E-state index in [9.17, 15) is 27.9 Å². The fourth-order valence-electron chi connectivity index (χ4n) is 5.30. The maximum absolute atomic E-state index is 16.3. The molecule has 2 aromatic carbocycles. The number of nitrogens with zero attached hydrogens (tertiary/aromatic N) is 5. The lowest BCUT2D eigenvalue weighted by Gasteiger charge is -2.37. The van der Waals surface area contributed by atoms with E-state index in [2.05, 4.69) is 15.3 Å². The number of aryl methyl sites for hydroxylation is 1. The standard InChI is InChI=1S/C31H31F5N6O3/c1-17-13-23(38-29(37-17)39-30(2,3)4)40-9-11-41(12-10-40)26-22(32)14-20-25(24(26)33)42(16-21(27(20)43)28(44)45)15-18-5-7-19(8-6-18)31(34,35)36/h5-8,13-14,16H,9-12,15H2,1-4H3,(H,44,45)(H,37,38,39). The number of pyridine rings is 1. The molecule has 45 heavy (non-hydrogen) atoms. The number of nitrogens with one attached hydrogen (secondary N) is 1. The Bertz CT molecular complexity index is 1830. The summed E-state index contributed by atoms with van der Waals surface area (Å²) in [7, 11) is 0. The van der Waals surface area contributed by atoms with Crippen LogP contribution in [0.15, 0.2) is 47.4 Å². The molecule has 4 aromatic rings. The molecule has 0 aliphatic carbocycles. The maximum Gasteiger partial charge on any atom is 0.416 e. The largest absolute Gasteiger partial charge is 0.477 e. The molecular formula is C31H31F5N6O3. The van der Waals surface area contributed by atoms with Crippen LogP contribution in [0.5, 0.6) is 0 Å². The number of aromatic nitrogens is 3. The number of aromatic carboxylic acids is 1. The maximum atomic E-state index is 16.3. The molecule has 14 heteroatoms. The van der Waals surface area contributed by atoms with Crippen LogP contribution in [0, 0.1) is 18.6 Å². The van der Waals surface area contributed by atoms with E-state index in [4.69, 9.17) is 0 Å². The number of piperazine rings is 1. The van der Waals surface area contributed by atoms with Crippen molar-refractivity contribution < 1.29 is 31.9 Å². The van der Waals surface area contributed by atoms with Crippen molar-refractivity contribution in [2.24, 2.45) is 0 Å². The van der Waals surface area contributed by atoms with Crippen molar-refractivity contribution in [3.05, 3.63) is 86.8 Å². The topological polar surface area (TPSA) is 104 Å². The van der Waals surface area contributed by atoms with E-state index in [-0.39, 0.29) is 41.9 Å². The molecule has 0 spiro atoms. The third-order valence-corrected chi connectivity index (χ3v) is 7.34. The quantitative estimate of drug-likeness (QED) is 0.263. The van der Waals surface area contributed by atoms with Gasteiger partial charge in [-0.2, -0.15) is 18.2 Å². The number of hydrogen-bond acceptors (Lipinski definition) is 7. The van der Waals surface area contributed by atoms with Crippen molar-refractivity contribution in [3.8, 4) is 0 Å². The highest BCUT2D eigenvalue weighted by molar-refractivity contribution is 5.94. The number of rotatable bonds is 6. The number of benzene rings is 2. The number of fused-ring (bicyclic) bond motifs is 1. The Morgan fingerprint density at radius 1 is 0.978 bits per heavy atom. The van der Waals surface area contributed by atoms with Crippen molar-refractivity contribution in [2.75, 3.05) is 41.3 Å². The summed E-state index contributed by atoms with van der Waals surface area (Å²) < 4.78 is 72.2. The minimum atomic E-state index is -4.57. The van der Waals surface area contributed by atoms with Crippen molar-refractivity contribution >= 4 is 34.3 Å². The highest BCUT2D eigenvalue weighted by Crippen LogP contribution is 2.33. The average Bonchev–Trinajstić information content (AvgIpc) is 2.93. The van der Waals surface area contributed by atoms with E-state index in [0.717, 1.165) is 34.7 Å². The minimum Gasteiger partial charge on any atom is -0.477 e. The predicted octanol–water partition coefficient (Wildman–Crippen LogP) is 5.68. The van der Waals surface area contributed by atoms with Crippen LogP contribution in [0.3, 0.4) is 0 Å². The molecule has 5 rings (SSSR count). The van der Waals surface area contributed by atoms with Crippen molar-refractivity contribution in [3.63, 3.8) is 0 Å². The predicted molar refractivity (Wildman–Crippen MR) is 160 cm³/mol. The fraction of sp³-hybridized carbons (Fsp3) is 0.355. The zero-order valence-electron chi connectivity index (χ0n) is 25.0. The summed E-state index contributed by atoms with van der Waals surface area (Å²) >= 11 is 0. The molecule has 0 bridgehead atoms. The van der Waals surface area contributed by atoms with Crippen LogP contribution in [0.2, 0.25) is 0 Å². The summed E-state index contributed by atoms with van der Waals surface area (Å²) in [6.45, 7) is 8.62. The molecule has 0 saturated carbocycles. The van der Waals surface area contributed by atoms with Crippen LogP contribution in [-0.2, 0) is 12.7 Å². The molecule has 9 nitrogen and oxygen atoms in total. The van der Waals surface area contributed by atoms with Crippen molar-refractivity contribution in [1.82, 2.24) is 14.5 Å². The molecule has 1 aliphatic heterocycles. The van der Waals surface area contributed by atoms with Gasteiger partial charge in [-0.15, -0.1) is 0 Å². The number of carboxylic acid groups (broad SMARTS) is 1. The lowest BCUT2D eigenvalue weighted by atomic mass is 10.1. The zero-order valence-corrected chi connectivity index (χ0v) is 25.0. The van der Waals surface area contributed by atoms with Crippen molar-refractivity contribution in [1.29, 1.82) is 0 Å². The molecule has 2 N–H and O–H groups in total. The molecule has 0 radical (unpaired) electrons. The van der Waals surface area contributed by atoms with Gasteiger partial charge in [0.2, 0.25) is 11.4 Å². The van der Waals surface area contributed by atoms with Gasteiger partial charge in [-0.3, -0.25) is 4.79 Å². The average molecular weight is 631 g/mol. The molecule has 3 heterocycles. The van der Waals surface area contributed by atoms with Crippen LogP contribution in [0.1, 0.15) is 48.0 Å². The highest BCUT2D eigenvalue weighted by Gasteiger charge is 2.31. The number of alkyl halides is 3. The van der Waals surface area contributed by atoms with Gasteiger partial charge in [-0.1, -0.05) is 12.1 Å². The Kier molecular flexibility index (Phi) is 8.19. The number of halogens is 5. The highest BCUT2D eigenvalue weighted by atomic mass is 19.4. The van der Waals surface area contributed by atoms with Gasteiger partial charge in [0, 0.05) is 56.2 Å². The first-order chi connectivity index (χ1) is 21.0. The second-order valence-electron chi connectivity index (χ2n) is 12.0. The number of hydrogen-bond donors (Lipinski definition) is 2. The molecule has 1 saturated heterocycles. The first kappa shape index (κ1) is 31.7. The van der Waals surface area contributed by atoms with E-state index in [1.54, 1.807) is 0 Å². The third-order valence-electron chi connectivity index (χ3n) is 7.34. The second-order valence-corrected chi connectivity index (χ2v) is 12.0. The molecule has 238 valence electrons. The van der Waals surface area contributed by atoms with Crippen LogP contribution in [-0.4, -0.2) is 57.3 Å². The molecule has 1 fully saturated rings. The Labute approximate surface area is 254 Å². The molecular weight excluding hydrogens is 599 g/mol. The van der Waals surface area contributed by atoms with Crippen LogP contribution in [0.25, 0.3) is 10.9 Å². The Balaban J connectivity index is 1.49. The van der Waals surface area contributed by atoms with Gasteiger partial charge >= 0.3 is 12.1 Å². The summed E-state index contributed by atoms with van der Waals surface area (Å²) in [6.07, 6.45) is -3.65. The van der Waals surface area contributed by atoms with Crippen molar-refractivity contribution in [2.45, 2.75) is 46.0 Å². The summed E-state index contributed by atoms with van der Waals surface area (Å²) in [4.78, 5) is 37.3. The first-order valence-electron chi connectivity index (χ1n) is 14.1. The fourth-order valence-corrected chi connectivity index (χ4v) is 5.30. The number of carboxylic acids is 1. The van der Waals surface area contributed by atoms with E-state index in [0.29, 0.717) is 24.9 Å². The lowest BCUT2D eigenvalue weighted by Crippen LogP contribution is -2.47. The molecule has 2 aromatic heterocycles. The molecule has 0 unspecified atom stereocenters. The van der Waals surface area contributed by atoms with Gasteiger partial charge in [0.25, 0.3) is 0 Å². The van der Waals surface area contributed by atoms with Gasteiger partial charge in [-0.05, 0) is 51.5 Å². The van der Waals surface area contributed by atoms with Gasteiger partial charge < -0.3 is 24.8 Å². The second kappa shape index (κ2) is 11.6. The van der Waals surface area contributed by atoms with Gasteiger partial charge in [0.1, 0.15) is 22.9 Å². The van der Waals surface area contributed by atoms with E-state index < -0.39 is 45.7 Å². The Hall–Kier alpha value is -4.75. The van der Waals surface area contributed by atoms with Crippen LogP contribution < -0.4 is 20.5 Å². The molecule has 0 amide bonds. The molecule has 0 atom stereocenters. The Morgan fingerprint density at radius 2 is 1.60 bits per heavy atom. The Morgan fingerprint density at radius 3 is 2.18 bits per heavy atom. The van der Waals surface area contributed by atoms with E-state index in [1.807, 2.05) is 38.7 Å². The monoisotopic (exact) mass is 630 g/mol. The smallest absolute Gasteiger partial charge is 0.416 e. The normalized spacial score (nSPS) is 14.2. The summed E-state index contributed by atoms with van der Waals surface area (Å²) in [5.41, 5.74) is -2.68. The molecule has 1 aliphatic rings. The zero-order chi connectivity index (χ0) is 32.8. The van der Waals surface area contributed by atoms with Crippen LogP contribution in [0.4, 0.5) is 39.4 Å². The summed E-state index contributed by atoms with van der Waals surface area (Å²) in [5.74, 6) is -2.61. The first-order valence-corrected chi connectivity index (χ1v) is 14.1. The minimum absolute atomic E-state index is 0.195. The number of carbonyl (C=O) groups is 1. The van der Waals surface area contributed by atoms with Gasteiger partial charge in [-0.25, -0.2) is 18.6 Å².